The monoisotopic (exact) mass is 236 g/mol. The van der Waals surface area contributed by atoms with Gasteiger partial charge in [-0.1, -0.05) is 72.8 Å². The van der Waals surface area contributed by atoms with Gasteiger partial charge in [0.15, 0.2) is 0 Å². The lowest BCUT2D eigenvalue weighted by Gasteiger charge is -1.93. The highest BCUT2D eigenvalue weighted by molar-refractivity contribution is 5.48. The summed E-state index contributed by atoms with van der Waals surface area (Å²) >= 11 is 0. The van der Waals surface area contributed by atoms with Gasteiger partial charge >= 0.3 is 0 Å². The van der Waals surface area contributed by atoms with E-state index in [2.05, 4.69) is 60.7 Å². The van der Waals surface area contributed by atoms with Crippen LogP contribution >= 0.6 is 0 Å². The number of hydrogen-bond donors (Lipinski definition) is 0. The van der Waals surface area contributed by atoms with Crippen molar-refractivity contribution < 1.29 is 4.74 Å². The molecule has 0 aromatic heterocycles. The Kier molecular flexibility index (Phi) is 3.24. The first-order valence-corrected chi connectivity index (χ1v) is 6.35. The van der Waals surface area contributed by atoms with Crippen LogP contribution in [-0.4, -0.2) is 6.10 Å². The first kappa shape index (κ1) is 11.2. The van der Waals surface area contributed by atoms with Crippen LogP contribution in [0.1, 0.15) is 23.7 Å². The van der Waals surface area contributed by atoms with Crippen LogP contribution in [0.5, 0.6) is 0 Å². The molecule has 0 radical (unpaired) electrons. The van der Waals surface area contributed by atoms with Gasteiger partial charge in [0, 0.05) is 0 Å². The van der Waals surface area contributed by atoms with Crippen molar-refractivity contribution in [2.24, 2.45) is 0 Å². The van der Waals surface area contributed by atoms with Gasteiger partial charge in [-0.2, -0.15) is 0 Å². The van der Waals surface area contributed by atoms with Gasteiger partial charge in [0.1, 0.15) is 6.10 Å². The standard InChI is InChI=1S/C17H16O/c1-3-8-14(9-4-1)10-7-13-16-17(18-16)15-11-5-2-6-12-15/h1-12,16-17H,13H2/b10-7+/t16-,17-/m1/s1. The molecule has 1 saturated heterocycles. The first-order chi connectivity index (χ1) is 8.93. The van der Waals surface area contributed by atoms with E-state index in [1.54, 1.807) is 0 Å². The molecule has 0 saturated carbocycles. The fourth-order valence-corrected chi connectivity index (χ4v) is 2.16. The maximum absolute atomic E-state index is 5.69. The first-order valence-electron chi connectivity index (χ1n) is 6.35. The average molecular weight is 236 g/mol. The average Bonchev–Trinajstić information content (AvgIpc) is 3.21. The Balaban J connectivity index is 1.53. The van der Waals surface area contributed by atoms with Crippen LogP contribution in [0.25, 0.3) is 6.08 Å². The molecule has 90 valence electrons. The van der Waals surface area contributed by atoms with Crippen molar-refractivity contribution in [3.05, 3.63) is 77.9 Å². The van der Waals surface area contributed by atoms with E-state index in [9.17, 15) is 0 Å². The van der Waals surface area contributed by atoms with Crippen molar-refractivity contribution in [2.45, 2.75) is 18.6 Å². The highest BCUT2D eigenvalue weighted by Gasteiger charge is 2.38. The Morgan fingerprint density at radius 2 is 1.56 bits per heavy atom. The summed E-state index contributed by atoms with van der Waals surface area (Å²) in [4.78, 5) is 0. The van der Waals surface area contributed by atoms with Gasteiger partial charge in [0.25, 0.3) is 0 Å². The van der Waals surface area contributed by atoms with Crippen molar-refractivity contribution in [2.75, 3.05) is 0 Å². The molecule has 1 fully saturated rings. The predicted molar refractivity (Wildman–Crippen MR) is 74.1 cm³/mol. The molecule has 1 heterocycles. The van der Waals surface area contributed by atoms with Crippen LogP contribution in [0.4, 0.5) is 0 Å². The summed E-state index contributed by atoms with van der Waals surface area (Å²) < 4.78 is 5.69. The minimum atomic E-state index is 0.298. The second-order valence-electron chi connectivity index (χ2n) is 4.55. The third-order valence-electron chi connectivity index (χ3n) is 3.19. The van der Waals surface area contributed by atoms with E-state index in [1.807, 2.05) is 12.1 Å². The molecule has 1 heteroatoms. The SMILES string of the molecule is C(=C\c1ccccc1)/C[C@H]1O[C@@H]1c1ccccc1. The van der Waals surface area contributed by atoms with Crippen molar-refractivity contribution in [3.63, 3.8) is 0 Å². The van der Waals surface area contributed by atoms with Crippen molar-refractivity contribution in [1.82, 2.24) is 0 Å². The van der Waals surface area contributed by atoms with Crippen LogP contribution < -0.4 is 0 Å². The van der Waals surface area contributed by atoms with Gasteiger partial charge in [-0.25, -0.2) is 0 Å². The van der Waals surface area contributed by atoms with Gasteiger partial charge in [0.05, 0.1) is 6.10 Å². The maximum atomic E-state index is 5.69. The van der Waals surface area contributed by atoms with E-state index in [1.165, 1.54) is 11.1 Å². The fraction of sp³-hybridized carbons (Fsp3) is 0.176. The third kappa shape index (κ3) is 2.69. The molecule has 0 aliphatic carbocycles. The predicted octanol–water partition coefficient (Wildman–Crippen LogP) is 4.23. The summed E-state index contributed by atoms with van der Waals surface area (Å²) in [6.45, 7) is 0. The molecule has 1 aliphatic heterocycles. The number of benzene rings is 2. The zero-order valence-corrected chi connectivity index (χ0v) is 10.2. The third-order valence-corrected chi connectivity index (χ3v) is 3.19. The fourth-order valence-electron chi connectivity index (χ4n) is 2.16. The molecule has 18 heavy (non-hydrogen) atoms. The Morgan fingerprint density at radius 3 is 2.28 bits per heavy atom. The molecule has 3 rings (SSSR count). The van der Waals surface area contributed by atoms with E-state index >= 15 is 0 Å². The van der Waals surface area contributed by atoms with Crippen LogP contribution in [-0.2, 0) is 4.74 Å². The number of hydrogen-bond acceptors (Lipinski definition) is 1. The summed E-state index contributed by atoms with van der Waals surface area (Å²) in [7, 11) is 0. The Morgan fingerprint density at radius 1 is 0.889 bits per heavy atom. The van der Waals surface area contributed by atoms with Crippen LogP contribution in [0.15, 0.2) is 66.7 Å². The van der Waals surface area contributed by atoms with E-state index in [0.717, 1.165) is 6.42 Å². The molecule has 0 N–H and O–H groups in total. The molecule has 2 atom stereocenters. The zero-order valence-electron chi connectivity index (χ0n) is 10.2. The van der Waals surface area contributed by atoms with Gasteiger partial charge in [0.2, 0.25) is 0 Å². The maximum Gasteiger partial charge on any atom is 0.109 e. The van der Waals surface area contributed by atoms with E-state index in [-0.39, 0.29) is 0 Å². The molecule has 1 nitrogen and oxygen atoms in total. The molecule has 2 aromatic rings. The smallest absolute Gasteiger partial charge is 0.109 e. The molecule has 0 amide bonds. The Bertz CT molecular complexity index is 516. The van der Waals surface area contributed by atoms with Gasteiger partial charge < -0.3 is 4.74 Å². The van der Waals surface area contributed by atoms with Crippen molar-refractivity contribution >= 4 is 6.08 Å². The van der Waals surface area contributed by atoms with Crippen LogP contribution in [0.3, 0.4) is 0 Å². The zero-order chi connectivity index (χ0) is 12.2. The minimum absolute atomic E-state index is 0.298. The molecule has 0 unspecified atom stereocenters. The van der Waals surface area contributed by atoms with Crippen molar-refractivity contribution in [3.8, 4) is 0 Å². The summed E-state index contributed by atoms with van der Waals surface area (Å²) in [5.74, 6) is 0. The second kappa shape index (κ2) is 5.19. The quantitative estimate of drug-likeness (QED) is 0.724. The van der Waals surface area contributed by atoms with Gasteiger partial charge in [-0.05, 0) is 17.5 Å². The van der Waals surface area contributed by atoms with Gasteiger partial charge in [-0.3, -0.25) is 0 Å². The number of rotatable bonds is 4. The summed E-state index contributed by atoms with van der Waals surface area (Å²) in [6.07, 6.45) is 5.99. The highest BCUT2D eigenvalue weighted by Crippen LogP contribution is 2.40. The minimum Gasteiger partial charge on any atom is -0.364 e. The molecule has 2 aromatic carbocycles. The Labute approximate surface area is 108 Å². The van der Waals surface area contributed by atoms with Crippen LogP contribution in [0, 0.1) is 0 Å². The number of ether oxygens (including phenoxy) is 1. The second-order valence-corrected chi connectivity index (χ2v) is 4.55. The summed E-state index contributed by atoms with van der Waals surface area (Å²) in [6, 6.07) is 20.8. The largest absolute Gasteiger partial charge is 0.364 e. The summed E-state index contributed by atoms with van der Waals surface area (Å²) in [5, 5.41) is 0. The number of epoxide rings is 1. The van der Waals surface area contributed by atoms with E-state index in [4.69, 9.17) is 4.74 Å². The van der Waals surface area contributed by atoms with E-state index in [0.29, 0.717) is 12.2 Å². The lowest BCUT2D eigenvalue weighted by molar-refractivity contribution is 0.375. The van der Waals surface area contributed by atoms with Crippen LogP contribution in [0.2, 0.25) is 0 Å². The molecule has 1 aliphatic rings. The molecule has 0 spiro atoms. The molecular weight excluding hydrogens is 220 g/mol. The topological polar surface area (TPSA) is 12.5 Å². The lowest BCUT2D eigenvalue weighted by Crippen LogP contribution is -1.86. The molecular formula is C17H16O. The normalized spacial score (nSPS) is 22.2. The van der Waals surface area contributed by atoms with E-state index < -0.39 is 0 Å². The van der Waals surface area contributed by atoms with Crippen molar-refractivity contribution in [1.29, 1.82) is 0 Å². The summed E-state index contributed by atoms with van der Waals surface area (Å²) in [5.41, 5.74) is 2.53. The molecule has 0 bridgehead atoms. The lowest BCUT2D eigenvalue weighted by atomic mass is 10.1. The van der Waals surface area contributed by atoms with Gasteiger partial charge in [-0.15, -0.1) is 0 Å². The Hall–Kier alpha value is -1.86. The highest BCUT2D eigenvalue weighted by atomic mass is 16.6.